The molecule has 0 radical (unpaired) electrons. The van der Waals surface area contributed by atoms with Gasteiger partial charge in [0.2, 0.25) is 0 Å². The molecule has 14 heteroatoms. The second-order valence-corrected chi connectivity index (χ2v) is 20.6. The number of rotatable bonds is 37. The Labute approximate surface area is 499 Å². The highest BCUT2D eigenvalue weighted by Crippen LogP contribution is 2.26. The van der Waals surface area contributed by atoms with Gasteiger partial charge in [0.1, 0.15) is 51.7 Å². The van der Waals surface area contributed by atoms with Gasteiger partial charge in [0.25, 0.3) is 0 Å². The monoisotopic (exact) mass is 1150 g/mol. The van der Waals surface area contributed by atoms with Gasteiger partial charge in [0.15, 0.2) is 0 Å². The summed E-state index contributed by atoms with van der Waals surface area (Å²) >= 11 is 0. The number of esters is 5. The lowest BCUT2D eigenvalue weighted by Gasteiger charge is -2.10. The number of benzene rings is 7. The number of hydrogen-bond donors (Lipinski definition) is 0. The van der Waals surface area contributed by atoms with Gasteiger partial charge in [-0.05, 0) is 196 Å². The van der Waals surface area contributed by atoms with E-state index in [4.69, 9.17) is 42.6 Å². The van der Waals surface area contributed by atoms with E-state index in [0.29, 0.717) is 66.1 Å². The minimum absolute atomic E-state index is 0.135. The van der Waals surface area contributed by atoms with Crippen LogP contribution in [-0.2, 0) is 0 Å². The summed E-state index contributed by atoms with van der Waals surface area (Å²) in [5.74, 6) is 1.01. The molecule has 0 aliphatic rings. The minimum Gasteiger partial charge on any atom is -0.494 e. The molecule has 0 amide bonds. The van der Waals surface area contributed by atoms with E-state index >= 15 is 0 Å². The summed E-state index contributed by atoms with van der Waals surface area (Å²) in [6.07, 6.45) is 20.7. The Morgan fingerprint density at radius 2 is 0.435 bits per heavy atom. The summed E-state index contributed by atoms with van der Waals surface area (Å²) in [7, 11) is 0. The SMILES string of the molecule is CCCCCCCCCCCCOc1ccc(C(=O)Oc2ccc(C(=O)Oc3cccc(OC(=O)c4ccc(OC(=O)c5ccc(OCCCCCCOc6ccc(OC(=O)c7ccc(OCCCCCC)cc7)cc6)cc5)cc4)c3)cc2)cc1. The molecule has 7 aromatic rings. The topological polar surface area (TPSA) is 168 Å². The van der Waals surface area contributed by atoms with Crippen LogP contribution >= 0.6 is 0 Å². The Hall–Kier alpha value is -8.91. The van der Waals surface area contributed by atoms with Crippen molar-refractivity contribution in [3.63, 3.8) is 0 Å². The van der Waals surface area contributed by atoms with Crippen molar-refractivity contribution in [2.24, 2.45) is 0 Å². The number of unbranched alkanes of at least 4 members (excludes halogenated alkanes) is 15. The van der Waals surface area contributed by atoms with Gasteiger partial charge >= 0.3 is 29.8 Å². The molecule has 7 rings (SSSR count). The quantitative estimate of drug-likeness (QED) is 0.0205. The molecule has 446 valence electrons. The third-order valence-corrected chi connectivity index (χ3v) is 13.7. The summed E-state index contributed by atoms with van der Waals surface area (Å²) in [6.45, 7) is 6.77. The van der Waals surface area contributed by atoms with Crippen LogP contribution in [0.5, 0.6) is 51.7 Å². The maximum Gasteiger partial charge on any atom is 0.343 e. The second kappa shape index (κ2) is 35.9. The normalized spacial score (nSPS) is 10.8. The third-order valence-electron chi connectivity index (χ3n) is 13.7. The van der Waals surface area contributed by atoms with Crippen molar-refractivity contribution >= 4 is 29.8 Å². The van der Waals surface area contributed by atoms with Gasteiger partial charge in [-0.3, -0.25) is 0 Å². The van der Waals surface area contributed by atoms with Crippen molar-refractivity contribution in [2.75, 3.05) is 26.4 Å². The summed E-state index contributed by atoms with van der Waals surface area (Å²) < 4.78 is 51.1. The zero-order valence-corrected chi connectivity index (χ0v) is 48.9. The fourth-order valence-electron chi connectivity index (χ4n) is 8.85. The Balaban J connectivity index is 0.729. The second-order valence-electron chi connectivity index (χ2n) is 20.6. The molecule has 0 aliphatic carbocycles. The highest BCUT2D eigenvalue weighted by Gasteiger charge is 2.16. The maximum absolute atomic E-state index is 13.1. The first kappa shape index (κ1) is 63.7. The fraction of sp³-hybridized carbons (Fsp3) is 0.338. The van der Waals surface area contributed by atoms with E-state index in [-0.39, 0.29) is 34.1 Å². The van der Waals surface area contributed by atoms with Gasteiger partial charge in [-0.25, -0.2) is 24.0 Å². The van der Waals surface area contributed by atoms with Gasteiger partial charge < -0.3 is 42.6 Å². The van der Waals surface area contributed by atoms with Crippen molar-refractivity contribution in [1.29, 1.82) is 0 Å². The first-order chi connectivity index (χ1) is 41.6. The third kappa shape index (κ3) is 23.0. The Bertz CT molecular complexity index is 3120. The zero-order chi connectivity index (χ0) is 59.7. The van der Waals surface area contributed by atoms with Crippen molar-refractivity contribution < 1.29 is 66.6 Å². The van der Waals surface area contributed by atoms with Gasteiger partial charge in [-0.1, -0.05) is 97.0 Å². The Morgan fingerprint density at radius 3 is 0.706 bits per heavy atom. The molecule has 0 fully saturated rings. The Morgan fingerprint density at radius 1 is 0.235 bits per heavy atom. The van der Waals surface area contributed by atoms with Crippen molar-refractivity contribution in [3.05, 3.63) is 198 Å². The van der Waals surface area contributed by atoms with E-state index in [0.717, 1.165) is 57.1 Å². The van der Waals surface area contributed by atoms with Crippen LogP contribution in [0.1, 0.15) is 181 Å². The summed E-state index contributed by atoms with van der Waals surface area (Å²) in [4.78, 5) is 64.6. The lowest BCUT2D eigenvalue weighted by Crippen LogP contribution is -2.11. The summed E-state index contributed by atoms with van der Waals surface area (Å²) in [6, 6.07) is 45.4. The summed E-state index contributed by atoms with van der Waals surface area (Å²) in [5, 5.41) is 0. The average Bonchev–Trinajstić information content (AvgIpc) is 3.73. The van der Waals surface area contributed by atoms with Gasteiger partial charge in [0, 0.05) is 6.07 Å². The van der Waals surface area contributed by atoms with E-state index in [2.05, 4.69) is 13.8 Å². The molecular weight excluding hydrogens is 1080 g/mol. The van der Waals surface area contributed by atoms with E-state index in [9.17, 15) is 24.0 Å². The molecule has 0 unspecified atom stereocenters. The molecule has 7 aromatic carbocycles. The predicted octanol–water partition coefficient (Wildman–Crippen LogP) is 17.1. The fourth-order valence-corrected chi connectivity index (χ4v) is 8.85. The lowest BCUT2D eigenvalue weighted by molar-refractivity contribution is 0.0720. The van der Waals surface area contributed by atoms with Gasteiger partial charge in [0.05, 0.1) is 54.2 Å². The van der Waals surface area contributed by atoms with Crippen molar-refractivity contribution in [3.8, 4) is 51.7 Å². The zero-order valence-electron chi connectivity index (χ0n) is 48.9. The van der Waals surface area contributed by atoms with E-state index < -0.39 is 29.8 Å². The van der Waals surface area contributed by atoms with Crippen molar-refractivity contribution in [1.82, 2.24) is 0 Å². The molecule has 14 nitrogen and oxygen atoms in total. The van der Waals surface area contributed by atoms with Crippen LogP contribution in [0.15, 0.2) is 170 Å². The molecule has 0 spiro atoms. The molecule has 0 aromatic heterocycles. The Kier molecular flexibility index (Phi) is 26.9. The molecule has 0 saturated carbocycles. The first-order valence-corrected chi connectivity index (χ1v) is 29.9. The molecule has 0 atom stereocenters. The maximum atomic E-state index is 13.1. The highest BCUT2D eigenvalue weighted by molar-refractivity contribution is 5.94. The lowest BCUT2D eigenvalue weighted by atomic mass is 10.1. The molecule has 85 heavy (non-hydrogen) atoms. The van der Waals surface area contributed by atoms with Crippen LogP contribution in [0.4, 0.5) is 0 Å². The minimum atomic E-state index is -0.682. The van der Waals surface area contributed by atoms with Crippen LogP contribution < -0.4 is 42.6 Å². The van der Waals surface area contributed by atoms with Crippen LogP contribution in [0.2, 0.25) is 0 Å². The van der Waals surface area contributed by atoms with Crippen LogP contribution in [0.25, 0.3) is 0 Å². The average molecular weight is 1160 g/mol. The van der Waals surface area contributed by atoms with Gasteiger partial charge in [-0.2, -0.15) is 0 Å². The molecule has 0 saturated heterocycles. The van der Waals surface area contributed by atoms with Gasteiger partial charge in [-0.15, -0.1) is 0 Å². The number of carbonyl (C=O) groups excluding carboxylic acids is 5. The van der Waals surface area contributed by atoms with E-state index in [1.165, 1.54) is 119 Å². The summed E-state index contributed by atoms with van der Waals surface area (Å²) in [5.41, 5.74) is 1.53. The number of hydrogen-bond acceptors (Lipinski definition) is 14. The molecule has 0 bridgehead atoms. The predicted molar refractivity (Wildman–Crippen MR) is 326 cm³/mol. The standard InChI is InChI=1S/C71H78O14/c1-3-5-7-9-10-11-12-13-14-18-49-78-59-36-24-53(25-37-59)67(72)81-62-40-30-56(31-41-62)70(75)84-65-22-21-23-66(52-65)85-71(76)57-32-42-63(43-33-57)82-68(73)54-26-38-60(39-27-54)79-50-19-15-16-20-51-80-61-44-46-64(47-45-61)83-69(74)55-28-34-58(35-29-55)77-48-17-8-6-4-2/h21-47,52H,3-20,48-51H2,1-2H3. The molecular formula is C71H78O14. The van der Waals surface area contributed by atoms with Crippen molar-refractivity contribution in [2.45, 2.75) is 129 Å². The largest absolute Gasteiger partial charge is 0.494 e. The van der Waals surface area contributed by atoms with Crippen LogP contribution in [-0.4, -0.2) is 56.3 Å². The number of carbonyl (C=O) groups is 5. The number of ether oxygens (including phenoxy) is 9. The highest BCUT2D eigenvalue weighted by atomic mass is 16.6. The molecule has 0 N–H and O–H groups in total. The first-order valence-electron chi connectivity index (χ1n) is 29.9. The van der Waals surface area contributed by atoms with Crippen LogP contribution in [0.3, 0.4) is 0 Å². The van der Waals surface area contributed by atoms with Crippen LogP contribution in [0, 0.1) is 0 Å². The van der Waals surface area contributed by atoms with E-state index in [1.807, 2.05) is 0 Å². The smallest absolute Gasteiger partial charge is 0.343 e. The molecule has 0 aliphatic heterocycles. The van der Waals surface area contributed by atoms with E-state index in [1.54, 1.807) is 115 Å². The molecule has 0 heterocycles.